The molecule has 1 aromatic carbocycles. The first-order valence-corrected chi connectivity index (χ1v) is 7.39. The second kappa shape index (κ2) is 8.59. The van der Waals surface area contributed by atoms with Gasteiger partial charge in [-0.2, -0.15) is 0 Å². The van der Waals surface area contributed by atoms with Crippen molar-refractivity contribution in [2.75, 3.05) is 24.5 Å². The standard InChI is InChI=1S/C16H26N2O2/c1-4-12-18(5-2)15-8-6-14(7-9-15)16(20)17-11-10-13(3)19/h6-9,13,19H,4-5,10-12H2,1-3H3,(H,17,20). The number of benzene rings is 1. The molecule has 1 unspecified atom stereocenters. The Bertz CT molecular complexity index is 401. The molecular weight excluding hydrogens is 252 g/mol. The molecule has 4 heteroatoms. The third-order valence-corrected chi connectivity index (χ3v) is 3.22. The number of nitrogens with one attached hydrogen (secondary N) is 1. The van der Waals surface area contributed by atoms with Crippen molar-refractivity contribution in [2.45, 2.75) is 39.7 Å². The molecule has 0 aromatic heterocycles. The fraction of sp³-hybridized carbons (Fsp3) is 0.562. The summed E-state index contributed by atoms with van der Waals surface area (Å²) in [5.74, 6) is -0.0873. The molecule has 1 aromatic rings. The van der Waals surface area contributed by atoms with Gasteiger partial charge in [-0.1, -0.05) is 6.92 Å². The van der Waals surface area contributed by atoms with E-state index in [0.717, 1.165) is 25.2 Å². The fourth-order valence-corrected chi connectivity index (χ4v) is 2.06. The summed E-state index contributed by atoms with van der Waals surface area (Å²) in [5, 5.41) is 12.0. The Kier molecular flexibility index (Phi) is 7.09. The second-order valence-corrected chi connectivity index (χ2v) is 5.02. The van der Waals surface area contributed by atoms with E-state index in [9.17, 15) is 4.79 Å². The van der Waals surface area contributed by atoms with E-state index in [4.69, 9.17) is 5.11 Å². The Hall–Kier alpha value is -1.55. The third-order valence-electron chi connectivity index (χ3n) is 3.22. The summed E-state index contributed by atoms with van der Waals surface area (Å²) in [7, 11) is 0. The molecule has 112 valence electrons. The van der Waals surface area contributed by atoms with Gasteiger partial charge in [0.15, 0.2) is 0 Å². The van der Waals surface area contributed by atoms with Crippen LogP contribution in [0.3, 0.4) is 0 Å². The highest BCUT2D eigenvalue weighted by Gasteiger charge is 2.07. The molecule has 1 atom stereocenters. The molecule has 0 radical (unpaired) electrons. The summed E-state index contributed by atoms with van der Waals surface area (Å²) in [6.45, 7) is 8.49. The average molecular weight is 278 g/mol. The van der Waals surface area contributed by atoms with E-state index < -0.39 is 0 Å². The van der Waals surface area contributed by atoms with Crippen molar-refractivity contribution in [1.82, 2.24) is 5.32 Å². The van der Waals surface area contributed by atoms with Crippen LogP contribution in [0, 0.1) is 0 Å². The first-order valence-electron chi connectivity index (χ1n) is 7.39. The maximum atomic E-state index is 11.9. The average Bonchev–Trinajstić information content (AvgIpc) is 2.44. The summed E-state index contributed by atoms with van der Waals surface area (Å²) < 4.78 is 0. The number of amides is 1. The number of rotatable bonds is 8. The molecule has 0 saturated heterocycles. The van der Waals surface area contributed by atoms with E-state index in [1.165, 1.54) is 0 Å². The molecule has 2 N–H and O–H groups in total. The molecule has 0 heterocycles. The predicted molar refractivity (Wildman–Crippen MR) is 83.3 cm³/mol. The zero-order chi connectivity index (χ0) is 15.0. The highest BCUT2D eigenvalue weighted by atomic mass is 16.3. The molecule has 1 amide bonds. The molecule has 0 aliphatic rings. The van der Waals surface area contributed by atoms with E-state index in [2.05, 4.69) is 24.1 Å². The number of anilines is 1. The molecule has 0 bridgehead atoms. The minimum Gasteiger partial charge on any atom is -0.393 e. The van der Waals surface area contributed by atoms with Crippen molar-refractivity contribution >= 4 is 11.6 Å². The summed E-state index contributed by atoms with van der Waals surface area (Å²) in [4.78, 5) is 14.2. The maximum Gasteiger partial charge on any atom is 0.251 e. The SMILES string of the molecule is CCCN(CC)c1ccc(C(=O)NCCC(C)O)cc1. The van der Waals surface area contributed by atoms with Gasteiger partial charge in [0, 0.05) is 30.9 Å². The van der Waals surface area contributed by atoms with Crippen molar-refractivity contribution in [1.29, 1.82) is 0 Å². The van der Waals surface area contributed by atoms with Gasteiger partial charge in [0.2, 0.25) is 0 Å². The first kappa shape index (κ1) is 16.5. The third kappa shape index (κ3) is 5.21. The molecule has 0 aliphatic carbocycles. The van der Waals surface area contributed by atoms with Gasteiger partial charge in [0.25, 0.3) is 5.91 Å². The van der Waals surface area contributed by atoms with Crippen LogP contribution in [0.15, 0.2) is 24.3 Å². The minimum atomic E-state index is -0.384. The van der Waals surface area contributed by atoms with Crippen LogP contribution < -0.4 is 10.2 Å². The Balaban J connectivity index is 2.59. The fourth-order valence-electron chi connectivity index (χ4n) is 2.06. The number of hydrogen-bond donors (Lipinski definition) is 2. The number of aliphatic hydroxyl groups excluding tert-OH is 1. The molecule has 0 aliphatic heterocycles. The largest absolute Gasteiger partial charge is 0.393 e. The number of hydrogen-bond acceptors (Lipinski definition) is 3. The van der Waals surface area contributed by atoms with Crippen LogP contribution in [-0.4, -0.2) is 36.8 Å². The van der Waals surface area contributed by atoms with Gasteiger partial charge in [-0.25, -0.2) is 0 Å². The van der Waals surface area contributed by atoms with Gasteiger partial charge >= 0.3 is 0 Å². The Morgan fingerprint density at radius 3 is 2.45 bits per heavy atom. The van der Waals surface area contributed by atoms with Crippen molar-refractivity contribution < 1.29 is 9.90 Å². The predicted octanol–water partition coefficient (Wildman–Crippen LogP) is 2.42. The lowest BCUT2D eigenvalue weighted by Crippen LogP contribution is -2.27. The van der Waals surface area contributed by atoms with E-state index in [0.29, 0.717) is 18.5 Å². The number of nitrogens with zero attached hydrogens (tertiary/aromatic N) is 1. The quantitative estimate of drug-likeness (QED) is 0.768. The van der Waals surface area contributed by atoms with Crippen LogP contribution in [0.4, 0.5) is 5.69 Å². The number of carbonyl (C=O) groups is 1. The van der Waals surface area contributed by atoms with Crippen LogP contribution in [0.25, 0.3) is 0 Å². The lowest BCUT2D eigenvalue weighted by Gasteiger charge is -2.22. The Morgan fingerprint density at radius 1 is 1.30 bits per heavy atom. The maximum absolute atomic E-state index is 11.9. The zero-order valence-corrected chi connectivity index (χ0v) is 12.7. The second-order valence-electron chi connectivity index (χ2n) is 5.02. The number of aliphatic hydroxyl groups is 1. The first-order chi connectivity index (χ1) is 9.58. The van der Waals surface area contributed by atoms with Gasteiger partial charge in [0.05, 0.1) is 6.10 Å². The van der Waals surface area contributed by atoms with Crippen LogP contribution in [0.5, 0.6) is 0 Å². The topological polar surface area (TPSA) is 52.6 Å². The van der Waals surface area contributed by atoms with Crippen molar-refractivity contribution in [3.63, 3.8) is 0 Å². The van der Waals surface area contributed by atoms with Crippen LogP contribution in [0.2, 0.25) is 0 Å². The van der Waals surface area contributed by atoms with E-state index in [1.807, 2.05) is 24.3 Å². The normalized spacial score (nSPS) is 12.0. The molecule has 4 nitrogen and oxygen atoms in total. The van der Waals surface area contributed by atoms with Gasteiger partial charge in [-0.15, -0.1) is 0 Å². The van der Waals surface area contributed by atoms with Gasteiger partial charge in [0.1, 0.15) is 0 Å². The van der Waals surface area contributed by atoms with Crippen LogP contribution in [0.1, 0.15) is 44.0 Å². The van der Waals surface area contributed by atoms with Gasteiger partial charge in [-0.3, -0.25) is 4.79 Å². The number of carbonyl (C=O) groups excluding carboxylic acids is 1. The molecule has 1 rings (SSSR count). The van der Waals surface area contributed by atoms with E-state index >= 15 is 0 Å². The monoisotopic (exact) mass is 278 g/mol. The molecule has 0 saturated carbocycles. The molecular formula is C16H26N2O2. The summed E-state index contributed by atoms with van der Waals surface area (Å²) >= 11 is 0. The summed E-state index contributed by atoms with van der Waals surface area (Å²) in [6, 6.07) is 7.68. The lowest BCUT2D eigenvalue weighted by molar-refractivity contribution is 0.0945. The highest BCUT2D eigenvalue weighted by Crippen LogP contribution is 2.15. The van der Waals surface area contributed by atoms with Crippen molar-refractivity contribution in [2.24, 2.45) is 0 Å². The minimum absolute atomic E-state index is 0.0873. The Morgan fingerprint density at radius 2 is 1.95 bits per heavy atom. The highest BCUT2D eigenvalue weighted by molar-refractivity contribution is 5.94. The van der Waals surface area contributed by atoms with Crippen molar-refractivity contribution in [3.8, 4) is 0 Å². The van der Waals surface area contributed by atoms with Crippen LogP contribution >= 0.6 is 0 Å². The molecule has 0 spiro atoms. The van der Waals surface area contributed by atoms with Gasteiger partial charge in [-0.05, 0) is 51.0 Å². The summed E-state index contributed by atoms with van der Waals surface area (Å²) in [5.41, 5.74) is 1.81. The van der Waals surface area contributed by atoms with E-state index in [1.54, 1.807) is 6.92 Å². The summed E-state index contributed by atoms with van der Waals surface area (Å²) in [6.07, 6.45) is 1.30. The van der Waals surface area contributed by atoms with Crippen LogP contribution in [-0.2, 0) is 0 Å². The lowest BCUT2D eigenvalue weighted by atomic mass is 10.1. The Labute approximate surface area is 121 Å². The smallest absolute Gasteiger partial charge is 0.251 e. The van der Waals surface area contributed by atoms with Crippen molar-refractivity contribution in [3.05, 3.63) is 29.8 Å². The zero-order valence-electron chi connectivity index (χ0n) is 12.7. The molecule has 0 fully saturated rings. The van der Waals surface area contributed by atoms with Gasteiger partial charge < -0.3 is 15.3 Å². The molecule has 20 heavy (non-hydrogen) atoms. The van der Waals surface area contributed by atoms with E-state index in [-0.39, 0.29) is 12.0 Å².